The summed E-state index contributed by atoms with van der Waals surface area (Å²) in [6, 6.07) is 14.2. The molecule has 0 radical (unpaired) electrons. The van der Waals surface area contributed by atoms with Crippen molar-refractivity contribution in [3.63, 3.8) is 0 Å². The van der Waals surface area contributed by atoms with Crippen LogP contribution in [-0.4, -0.2) is 66.6 Å². The number of anilines is 2. The second-order valence-corrected chi connectivity index (χ2v) is 9.92. The van der Waals surface area contributed by atoms with E-state index in [1.54, 1.807) is 42.1 Å². The van der Waals surface area contributed by atoms with Gasteiger partial charge in [0.05, 0.1) is 12.7 Å². The zero-order valence-corrected chi connectivity index (χ0v) is 22.6. The fourth-order valence-electron chi connectivity index (χ4n) is 4.23. The number of carbonyl (C=O) groups is 2. The fourth-order valence-corrected chi connectivity index (χ4v) is 5.06. The number of piperazine rings is 1. The number of ether oxygens (including phenoxy) is 1. The number of amides is 1. The zero-order valence-electron chi connectivity index (χ0n) is 21.8. The number of carbonyl (C=O) groups excluding carboxylic acids is 2. The number of rotatable bonds is 8. The zero-order chi connectivity index (χ0) is 26.4. The number of methoxy groups -OCH3 is 1. The third-order valence-corrected chi connectivity index (χ3v) is 7.48. The van der Waals surface area contributed by atoms with Gasteiger partial charge in [-0.2, -0.15) is 0 Å². The summed E-state index contributed by atoms with van der Waals surface area (Å²) in [5.74, 6) is 0.970. The molecule has 2 aromatic carbocycles. The van der Waals surface area contributed by atoms with Gasteiger partial charge >= 0.3 is 5.97 Å². The van der Waals surface area contributed by atoms with Crippen LogP contribution in [0.3, 0.4) is 0 Å². The van der Waals surface area contributed by atoms with Gasteiger partial charge in [-0.05, 0) is 56.3 Å². The third kappa shape index (κ3) is 6.67. The number of nitrogens with zero attached hydrogens (tertiary/aromatic N) is 4. The molecule has 9 heteroatoms. The van der Waals surface area contributed by atoms with Crippen molar-refractivity contribution in [2.45, 2.75) is 31.7 Å². The van der Waals surface area contributed by atoms with Gasteiger partial charge in [-0.3, -0.25) is 4.79 Å². The Kier molecular flexibility index (Phi) is 8.78. The number of likely N-dealkylation sites (N-methyl/N-ethyl adjacent to an activating group) is 1. The van der Waals surface area contributed by atoms with E-state index < -0.39 is 5.97 Å². The topological polar surface area (TPSA) is 87.7 Å². The smallest absolute Gasteiger partial charge is 0.337 e. The number of aryl methyl sites for hydroxylation is 1. The standard InChI is InChI=1S/C28H33N5O3S/c1-5-32-12-14-33(15-13-32)25-19(2)20(3)29-28(31-25)37-18-21-8-6-9-22(16-21)26(34)30-24-11-7-10-23(17-24)27(35)36-4/h6-11,16-17H,5,12-15,18H2,1-4H3,(H,30,34). The molecular formula is C28H33N5O3S. The summed E-state index contributed by atoms with van der Waals surface area (Å²) in [6.45, 7) is 11.4. The molecule has 0 bridgehead atoms. The van der Waals surface area contributed by atoms with E-state index in [1.165, 1.54) is 7.11 Å². The Morgan fingerprint density at radius 2 is 1.73 bits per heavy atom. The Morgan fingerprint density at radius 3 is 2.46 bits per heavy atom. The van der Waals surface area contributed by atoms with Crippen molar-refractivity contribution in [1.29, 1.82) is 0 Å². The molecule has 3 aromatic rings. The maximum absolute atomic E-state index is 12.9. The van der Waals surface area contributed by atoms with Gasteiger partial charge in [-0.25, -0.2) is 14.8 Å². The number of benzene rings is 2. The Labute approximate surface area is 222 Å². The SMILES string of the molecule is CCN1CCN(c2nc(SCc3cccc(C(=O)Nc4cccc(C(=O)OC)c4)c3)nc(C)c2C)CC1. The Hall–Kier alpha value is -3.43. The monoisotopic (exact) mass is 519 g/mol. The van der Waals surface area contributed by atoms with E-state index in [2.05, 4.69) is 29.0 Å². The third-order valence-electron chi connectivity index (χ3n) is 6.56. The van der Waals surface area contributed by atoms with Crippen LogP contribution in [0.25, 0.3) is 0 Å². The highest BCUT2D eigenvalue weighted by atomic mass is 32.2. The molecule has 2 heterocycles. The molecule has 0 saturated carbocycles. The second kappa shape index (κ2) is 12.2. The summed E-state index contributed by atoms with van der Waals surface area (Å²) < 4.78 is 4.76. The number of esters is 1. The number of hydrogen-bond acceptors (Lipinski definition) is 8. The van der Waals surface area contributed by atoms with Crippen LogP contribution in [0.2, 0.25) is 0 Å². The quantitative estimate of drug-likeness (QED) is 0.263. The van der Waals surface area contributed by atoms with Crippen LogP contribution in [0, 0.1) is 13.8 Å². The van der Waals surface area contributed by atoms with Crippen LogP contribution in [-0.2, 0) is 10.5 Å². The van der Waals surface area contributed by atoms with Gasteiger partial charge in [-0.1, -0.05) is 36.9 Å². The maximum atomic E-state index is 12.9. The minimum Gasteiger partial charge on any atom is -0.465 e. The van der Waals surface area contributed by atoms with Crippen molar-refractivity contribution in [2.75, 3.05) is 50.1 Å². The van der Waals surface area contributed by atoms with Gasteiger partial charge < -0.3 is 19.9 Å². The average molecular weight is 520 g/mol. The van der Waals surface area contributed by atoms with Crippen LogP contribution in [0.4, 0.5) is 11.5 Å². The molecule has 0 aliphatic carbocycles. The Balaban J connectivity index is 1.42. The lowest BCUT2D eigenvalue weighted by molar-refractivity contribution is 0.0600. The number of aromatic nitrogens is 2. The first-order chi connectivity index (χ1) is 17.9. The largest absolute Gasteiger partial charge is 0.465 e. The summed E-state index contributed by atoms with van der Waals surface area (Å²) in [5.41, 5.74) is 4.57. The minimum atomic E-state index is -0.449. The Bertz CT molecular complexity index is 1270. The van der Waals surface area contributed by atoms with Crippen molar-refractivity contribution >= 4 is 35.1 Å². The van der Waals surface area contributed by atoms with E-state index in [0.717, 1.165) is 60.5 Å². The molecule has 0 unspecified atom stereocenters. The van der Waals surface area contributed by atoms with E-state index >= 15 is 0 Å². The molecule has 194 valence electrons. The van der Waals surface area contributed by atoms with E-state index in [0.29, 0.717) is 22.6 Å². The van der Waals surface area contributed by atoms with Gasteiger partial charge in [0.25, 0.3) is 5.91 Å². The van der Waals surface area contributed by atoms with Crippen molar-refractivity contribution in [2.24, 2.45) is 0 Å². The predicted octanol–water partition coefficient (Wildman–Crippen LogP) is 4.57. The number of hydrogen-bond donors (Lipinski definition) is 1. The molecule has 1 aliphatic heterocycles. The highest BCUT2D eigenvalue weighted by molar-refractivity contribution is 7.98. The lowest BCUT2D eigenvalue weighted by Crippen LogP contribution is -2.46. The molecule has 1 aliphatic rings. The molecule has 0 atom stereocenters. The molecule has 4 rings (SSSR count). The summed E-state index contributed by atoms with van der Waals surface area (Å²) >= 11 is 1.57. The first kappa shape index (κ1) is 26.6. The van der Waals surface area contributed by atoms with E-state index in [1.807, 2.05) is 25.1 Å². The van der Waals surface area contributed by atoms with Gasteiger partial charge in [0.15, 0.2) is 5.16 Å². The molecule has 8 nitrogen and oxygen atoms in total. The van der Waals surface area contributed by atoms with Crippen LogP contribution in [0.15, 0.2) is 53.7 Å². The molecule has 1 fully saturated rings. The van der Waals surface area contributed by atoms with Crippen LogP contribution in [0.1, 0.15) is 44.5 Å². The van der Waals surface area contributed by atoms with Crippen LogP contribution >= 0.6 is 11.8 Å². The van der Waals surface area contributed by atoms with Gasteiger partial charge in [0, 0.05) is 54.4 Å². The van der Waals surface area contributed by atoms with E-state index in [4.69, 9.17) is 14.7 Å². The highest BCUT2D eigenvalue weighted by Crippen LogP contribution is 2.27. The lowest BCUT2D eigenvalue weighted by Gasteiger charge is -2.35. The lowest BCUT2D eigenvalue weighted by atomic mass is 10.1. The molecule has 37 heavy (non-hydrogen) atoms. The van der Waals surface area contributed by atoms with E-state index in [-0.39, 0.29) is 5.91 Å². The first-order valence-electron chi connectivity index (χ1n) is 12.4. The normalized spacial score (nSPS) is 13.9. The fraction of sp³-hybridized carbons (Fsp3) is 0.357. The highest BCUT2D eigenvalue weighted by Gasteiger charge is 2.20. The molecular weight excluding hydrogens is 486 g/mol. The summed E-state index contributed by atoms with van der Waals surface area (Å²) in [5, 5.41) is 3.60. The molecule has 1 N–H and O–H groups in total. The van der Waals surface area contributed by atoms with Gasteiger partial charge in [0.2, 0.25) is 0 Å². The predicted molar refractivity (Wildman–Crippen MR) is 148 cm³/mol. The number of nitrogens with one attached hydrogen (secondary N) is 1. The Morgan fingerprint density at radius 1 is 1.00 bits per heavy atom. The van der Waals surface area contributed by atoms with E-state index in [9.17, 15) is 9.59 Å². The molecule has 1 amide bonds. The minimum absolute atomic E-state index is 0.246. The molecule has 0 spiro atoms. The summed E-state index contributed by atoms with van der Waals surface area (Å²) in [4.78, 5) is 39.1. The average Bonchev–Trinajstić information content (AvgIpc) is 2.93. The molecule has 1 saturated heterocycles. The summed E-state index contributed by atoms with van der Waals surface area (Å²) in [6.07, 6.45) is 0. The number of thioether (sulfide) groups is 1. The maximum Gasteiger partial charge on any atom is 0.337 e. The van der Waals surface area contributed by atoms with Crippen molar-refractivity contribution < 1.29 is 14.3 Å². The first-order valence-corrected chi connectivity index (χ1v) is 13.4. The van der Waals surface area contributed by atoms with Crippen molar-refractivity contribution in [1.82, 2.24) is 14.9 Å². The van der Waals surface area contributed by atoms with Crippen molar-refractivity contribution in [3.8, 4) is 0 Å². The van der Waals surface area contributed by atoms with Gasteiger partial charge in [0.1, 0.15) is 5.82 Å². The molecule has 1 aromatic heterocycles. The van der Waals surface area contributed by atoms with Crippen LogP contribution in [0.5, 0.6) is 0 Å². The summed E-state index contributed by atoms with van der Waals surface area (Å²) in [7, 11) is 1.33. The van der Waals surface area contributed by atoms with Gasteiger partial charge in [-0.15, -0.1) is 0 Å². The van der Waals surface area contributed by atoms with Crippen LogP contribution < -0.4 is 10.2 Å². The van der Waals surface area contributed by atoms with Crippen molar-refractivity contribution in [3.05, 3.63) is 76.5 Å². The second-order valence-electron chi connectivity index (χ2n) is 8.98.